The summed E-state index contributed by atoms with van der Waals surface area (Å²) >= 11 is 6.02. The number of aromatic nitrogens is 2. The average molecular weight is 296 g/mol. The summed E-state index contributed by atoms with van der Waals surface area (Å²) in [6, 6.07) is 5.87. The van der Waals surface area contributed by atoms with Gasteiger partial charge in [-0.2, -0.15) is 5.10 Å². The van der Waals surface area contributed by atoms with E-state index < -0.39 is 10.9 Å². The van der Waals surface area contributed by atoms with E-state index >= 15 is 0 Å². The molecule has 0 amide bonds. The third kappa shape index (κ3) is 2.35. The highest BCUT2D eigenvalue weighted by molar-refractivity contribution is 6.34. The standard InChI is InChI=1S/C12H10ClN3O4/c1-7-10(13)11(12(17)20-2)14-15(7)8-4-3-5-9(6-8)16(18)19/h3-6H,1-2H3. The molecule has 7 nitrogen and oxygen atoms in total. The minimum Gasteiger partial charge on any atom is -0.464 e. The summed E-state index contributed by atoms with van der Waals surface area (Å²) in [4.78, 5) is 21.8. The van der Waals surface area contributed by atoms with Crippen LogP contribution in [0.2, 0.25) is 5.02 Å². The molecule has 0 aliphatic carbocycles. The summed E-state index contributed by atoms with van der Waals surface area (Å²) in [6.07, 6.45) is 0. The molecule has 8 heteroatoms. The first-order valence-electron chi connectivity index (χ1n) is 5.54. The molecule has 0 fully saturated rings. The number of non-ortho nitro benzene ring substituents is 1. The Balaban J connectivity index is 2.56. The van der Waals surface area contributed by atoms with Gasteiger partial charge < -0.3 is 4.74 Å². The van der Waals surface area contributed by atoms with Crippen molar-refractivity contribution >= 4 is 23.3 Å². The highest BCUT2D eigenvalue weighted by Crippen LogP contribution is 2.25. The maximum atomic E-state index is 11.5. The largest absolute Gasteiger partial charge is 0.464 e. The zero-order chi connectivity index (χ0) is 14.9. The number of nitro groups is 1. The van der Waals surface area contributed by atoms with Crippen LogP contribution in [0.3, 0.4) is 0 Å². The van der Waals surface area contributed by atoms with Crippen molar-refractivity contribution in [3.63, 3.8) is 0 Å². The molecule has 0 saturated heterocycles. The van der Waals surface area contributed by atoms with Crippen LogP contribution in [-0.2, 0) is 4.74 Å². The molecule has 0 atom stereocenters. The van der Waals surface area contributed by atoms with Crippen LogP contribution < -0.4 is 0 Å². The van der Waals surface area contributed by atoms with Gasteiger partial charge in [0.15, 0.2) is 5.69 Å². The van der Waals surface area contributed by atoms with Crippen molar-refractivity contribution in [2.45, 2.75) is 6.92 Å². The van der Waals surface area contributed by atoms with Crippen molar-refractivity contribution in [1.29, 1.82) is 0 Å². The molecule has 2 aromatic rings. The Labute approximate surface area is 118 Å². The van der Waals surface area contributed by atoms with E-state index in [4.69, 9.17) is 11.6 Å². The highest BCUT2D eigenvalue weighted by Gasteiger charge is 2.21. The van der Waals surface area contributed by atoms with Crippen LogP contribution in [0.1, 0.15) is 16.2 Å². The molecule has 104 valence electrons. The van der Waals surface area contributed by atoms with E-state index in [-0.39, 0.29) is 16.4 Å². The molecule has 20 heavy (non-hydrogen) atoms. The van der Waals surface area contributed by atoms with Crippen molar-refractivity contribution in [3.8, 4) is 5.69 Å². The first-order valence-corrected chi connectivity index (χ1v) is 5.91. The molecule has 1 aromatic carbocycles. The Morgan fingerprint density at radius 3 is 2.80 bits per heavy atom. The van der Waals surface area contributed by atoms with Gasteiger partial charge in [0.2, 0.25) is 0 Å². The van der Waals surface area contributed by atoms with E-state index in [0.717, 1.165) is 0 Å². The number of carbonyl (C=O) groups excluding carboxylic acids is 1. The van der Waals surface area contributed by atoms with Crippen LogP contribution in [-0.4, -0.2) is 27.8 Å². The maximum absolute atomic E-state index is 11.5. The van der Waals surface area contributed by atoms with E-state index in [1.807, 2.05) is 0 Å². The fourth-order valence-electron chi connectivity index (χ4n) is 1.70. The van der Waals surface area contributed by atoms with Gasteiger partial charge in [-0.25, -0.2) is 9.48 Å². The Bertz CT molecular complexity index is 696. The Hall–Kier alpha value is -2.41. The normalized spacial score (nSPS) is 10.3. The maximum Gasteiger partial charge on any atom is 0.360 e. The van der Waals surface area contributed by atoms with Crippen LogP contribution in [0.5, 0.6) is 0 Å². The SMILES string of the molecule is COC(=O)c1nn(-c2cccc([N+](=O)[O-])c2)c(C)c1Cl. The van der Waals surface area contributed by atoms with Crippen molar-refractivity contribution < 1.29 is 14.5 Å². The van der Waals surface area contributed by atoms with Gasteiger partial charge in [0, 0.05) is 12.1 Å². The second-order valence-electron chi connectivity index (χ2n) is 3.93. The van der Waals surface area contributed by atoms with Gasteiger partial charge >= 0.3 is 5.97 Å². The predicted octanol–water partition coefficient (Wildman–Crippen LogP) is 2.53. The summed E-state index contributed by atoms with van der Waals surface area (Å²) < 4.78 is 5.94. The van der Waals surface area contributed by atoms with Crippen molar-refractivity contribution in [2.75, 3.05) is 7.11 Å². The number of ether oxygens (including phenoxy) is 1. The fourth-order valence-corrected chi connectivity index (χ4v) is 1.90. The van der Waals surface area contributed by atoms with Crippen LogP contribution >= 0.6 is 11.6 Å². The summed E-state index contributed by atoms with van der Waals surface area (Å²) in [5, 5.41) is 15.0. The Kier molecular flexibility index (Phi) is 3.71. The van der Waals surface area contributed by atoms with Gasteiger partial charge in [0.1, 0.15) is 0 Å². The topological polar surface area (TPSA) is 87.3 Å². The van der Waals surface area contributed by atoms with E-state index in [1.165, 1.54) is 30.0 Å². The third-order valence-electron chi connectivity index (χ3n) is 2.71. The van der Waals surface area contributed by atoms with Crippen LogP contribution in [0, 0.1) is 17.0 Å². The molecule has 0 radical (unpaired) electrons. The zero-order valence-electron chi connectivity index (χ0n) is 10.7. The van der Waals surface area contributed by atoms with E-state index in [2.05, 4.69) is 9.84 Å². The smallest absolute Gasteiger partial charge is 0.360 e. The van der Waals surface area contributed by atoms with Crippen LogP contribution in [0.15, 0.2) is 24.3 Å². The number of methoxy groups -OCH3 is 1. The van der Waals surface area contributed by atoms with E-state index in [9.17, 15) is 14.9 Å². The molecule has 0 aliphatic heterocycles. The van der Waals surface area contributed by atoms with Gasteiger partial charge in [0.05, 0.1) is 28.4 Å². The second kappa shape index (κ2) is 5.30. The monoisotopic (exact) mass is 295 g/mol. The lowest BCUT2D eigenvalue weighted by atomic mass is 10.3. The number of rotatable bonds is 3. The molecule has 0 saturated carbocycles. The minimum absolute atomic E-state index is 0.0295. The molecule has 0 aliphatic rings. The molecule has 0 unspecified atom stereocenters. The number of esters is 1. The number of nitrogens with zero attached hydrogens (tertiary/aromatic N) is 3. The number of benzene rings is 1. The quantitative estimate of drug-likeness (QED) is 0.493. The molecule has 1 aromatic heterocycles. The number of nitro benzene ring substituents is 1. The number of hydrogen-bond donors (Lipinski definition) is 0. The minimum atomic E-state index is -0.665. The van der Waals surface area contributed by atoms with Gasteiger partial charge in [-0.1, -0.05) is 17.7 Å². The fraction of sp³-hybridized carbons (Fsp3) is 0.167. The predicted molar refractivity (Wildman–Crippen MR) is 71.3 cm³/mol. The van der Waals surface area contributed by atoms with Gasteiger partial charge in [-0.05, 0) is 13.0 Å². The summed E-state index contributed by atoms with van der Waals surface area (Å²) in [6.45, 7) is 1.65. The van der Waals surface area contributed by atoms with Gasteiger partial charge in [-0.3, -0.25) is 10.1 Å². The van der Waals surface area contributed by atoms with Crippen molar-refractivity contribution in [2.24, 2.45) is 0 Å². The number of carbonyl (C=O) groups is 1. The second-order valence-corrected chi connectivity index (χ2v) is 4.31. The summed E-state index contributed by atoms with van der Waals surface area (Å²) in [5.41, 5.74) is 0.827. The summed E-state index contributed by atoms with van der Waals surface area (Å²) in [5.74, 6) is -0.665. The van der Waals surface area contributed by atoms with Crippen LogP contribution in [0.4, 0.5) is 5.69 Å². The van der Waals surface area contributed by atoms with Crippen molar-refractivity contribution in [1.82, 2.24) is 9.78 Å². The number of halogens is 1. The molecule has 0 spiro atoms. The van der Waals surface area contributed by atoms with E-state index in [1.54, 1.807) is 13.0 Å². The summed E-state index contributed by atoms with van der Waals surface area (Å²) in [7, 11) is 1.22. The highest BCUT2D eigenvalue weighted by atomic mass is 35.5. The Morgan fingerprint density at radius 2 is 2.20 bits per heavy atom. The molecular weight excluding hydrogens is 286 g/mol. The lowest BCUT2D eigenvalue weighted by Crippen LogP contribution is -2.05. The zero-order valence-corrected chi connectivity index (χ0v) is 11.4. The van der Waals surface area contributed by atoms with Gasteiger partial charge in [-0.15, -0.1) is 0 Å². The van der Waals surface area contributed by atoms with Crippen molar-refractivity contribution in [3.05, 3.63) is 50.8 Å². The Morgan fingerprint density at radius 1 is 1.50 bits per heavy atom. The molecule has 0 N–H and O–H groups in total. The lowest BCUT2D eigenvalue weighted by molar-refractivity contribution is -0.384. The first-order chi connectivity index (χ1) is 9.45. The first kappa shape index (κ1) is 14.0. The molecular formula is C12H10ClN3O4. The molecule has 2 rings (SSSR count). The molecule has 1 heterocycles. The number of hydrogen-bond acceptors (Lipinski definition) is 5. The van der Waals surface area contributed by atoms with Gasteiger partial charge in [0.25, 0.3) is 5.69 Å². The molecule has 0 bridgehead atoms. The van der Waals surface area contributed by atoms with Crippen LogP contribution in [0.25, 0.3) is 5.69 Å². The third-order valence-corrected chi connectivity index (χ3v) is 3.16. The average Bonchev–Trinajstić information content (AvgIpc) is 2.75. The van der Waals surface area contributed by atoms with E-state index in [0.29, 0.717) is 11.4 Å². The lowest BCUT2D eigenvalue weighted by Gasteiger charge is -2.03.